The van der Waals surface area contributed by atoms with Crippen LogP contribution < -0.4 is 11.5 Å². The lowest BCUT2D eigenvalue weighted by Crippen LogP contribution is -2.39. The first-order chi connectivity index (χ1) is 9.30. The van der Waals surface area contributed by atoms with Crippen molar-refractivity contribution in [1.82, 2.24) is 4.31 Å². The van der Waals surface area contributed by atoms with Gasteiger partial charge >= 0.3 is 0 Å². The summed E-state index contributed by atoms with van der Waals surface area (Å²) in [5, 5.41) is 0. The lowest BCUT2D eigenvalue weighted by molar-refractivity contribution is -0.118. The lowest BCUT2D eigenvalue weighted by Gasteiger charge is -2.22. The maximum absolute atomic E-state index is 12.7. The Labute approximate surface area is 119 Å². The molecule has 0 bridgehead atoms. The number of rotatable bonds is 7. The molecule has 0 aliphatic carbocycles. The van der Waals surface area contributed by atoms with E-state index in [1.807, 2.05) is 6.92 Å². The van der Waals surface area contributed by atoms with Crippen LogP contribution >= 0.6 is 0 Å². The molecule has 6 nitrogen and oxygen atoms in total. The van der Waals surface area contributed by atoms with Gasteiger partial charge in [0.15, 0.2) is 0 Å². The fraction of sp³-hybridized carbons (Fsp3) is 0.462. The summed E-state index contributed by atoms with van der Waals surface area (Å²) in [5.74, 6) is -0.683. The zero-order valence-electron chi connectivity index (χ0n) is 11.8. The molecule has 0 aliphatic rings. The highest BCUT2D eigenvalue weighted by atomic mass is 32.2. The molecule has 0 fully saturated rings. The molecule has 0 spiro atoms. The van der Waals surface area contributed by atoms with Crippen molar-refractivity contribution in [2.24, 2.45) is 5.73 Å². The molecule has 0 atom stereocenters. The third kappa shape index (κ3) is 3.71. The van der Waals surface area contributed by atoms with E-state index in [1.54, 1.807) is 19.1 Å². The first-order valence-electron chi connectivity index (χ1n) is 6.44. The minimum Gasteiger partial charge on any atom is -0.398 e. The number of carbonyl (C=O) groups excluding carboxylic acids is 1. The Morgan fingerprint density at radius 2 is 2.00 bits per heavy atom. The standard InChI is InChI=1S/C13H21N3O3S/c1-3-4-8-16(9-12(15)17)20(18,19)13-10(2)6-5-7-11(13)14/h5-7H,3-4,8-9,14H2,1-2H3,(H2,15,17). The predicted octanol–water partition coefficient (Wildman–Crippen LogP) is 0.853. The molecule has 4 N–H and O–H groups in total. The van der Waals surface area contributed by atoms with Crippen LogP contribution in [0.2, 0.25) is 0 Å². The molecule has 1 amide bonds. The van der Waals surface area contributed by atoms with Crippen molar-refractivity contribution in [2.75, 3.05) is 18.8 Å². The van der Waals surface area contributed by atoms with Crippen molar-refractivity contribution in [3.63, 3.8) is 0 Å². The molecule has 7 heteroatoms. The van der Waals surface area contributed by atoms with E-state index in [2.05, 4.69) is 0 Å². The maximum atomic E-state index is 12.7. The summed E-state index contributed by atoms with van der Waals surface area (Å²) < 4.78 is 26.4. The molecular formula is C13H21N3O3S. The van der Waals surface area contributed by atoms with Crippen molar-refractivity contribution in [3.05, 3.63) is 23.8 Å². The number of unbranched alkanes of at least 4 members (excludes halogenated alkanes) is 1. The Bertz CT molecular complexity index is 564. The van der Waals surface area contributed by atoms with E-state index in [-0.39, 0.29) is 23.7 Å². The third-order valence-corrected chi connectivity index (χ3v) is 5.00. The van der Waals surface area contributed by atoms with Crippen molar-refractivity contribution < 1.29 is 13.2 Å². The fourth-order valence-corrected chi connectivity index (χ4v) is 3.71. The highest BCUT2D eigenvalue weighted by Crippen LogP contribution is 2.26. The summed E-state index contributed by atoms with van der Waals surface area (Å²) in [5.41, 5.74) is 11.7. The number of carbonyl (C=O) groups is 1. The zero-order chi connectivity index (χ0) is 15.3. The van der Waals surface area contributed by atoms with E-state index < -0.39 is 15.9 Å². The van der Waals surface area contributed by atoms with E-state index in [9.17, 15) is 13.2 Å². The maximum Gasteiger partial charge on any atom is 0.245 e. The molecular weight excluding hydrogens is 278 g/mol. The van der Waals surface area contributed by atoms with Crippen molar-refractivity contribution in [1.29, 1.82) is 0 Å². The fourth-order valence-electron chi connectivity index (χ4n) is 1.95. The van der Waals surface area contributed by atoms with Crippen LogP contribution in [0.25, 0.3) is 0 Å². The summed E-state index contributed by atoms with van der Waals surface area (Å²) in [6, 6.07) is 4.89. The summed E-state index contributed by atoms with van der Waals surface area (Å²) in [6.45, 7) is 3.52. The number of nitrogen functional groups attached to an aromatic ring is 1. The third-order valence-electron chi connectivity index (χ3n) is 2.93. The van der Waals surface area contributed by atoms with Crippen LogP contribution in [0.1, 0.15) is 25.3 Å². The van der Waals surface area contributed by atoms with Gasteiger partial charge in [0.05, 0.1) is 12.2 Å². The highest BCUT2D eigenvalue weighted by molar-refractivity contribution is 7.89. The van der Waals surface area contributed by atoms with Crippen LogP contribution in [0.5, 0.6) is 0 Å². The minimum atomic E-state index is -3.82. The van der Waals surface area contributed by atoms with E-state index in [0.717, 1.165) is 10.7 Å². The lowest BCUT2D eigenvalue weighted by atomic mass is 10.2. The number of nitrogens with zero attached hydrogens (tertiary/aromatic N) is 1. The summed E-state index contributed by atoms with van der Waals surface area (Å²) >= 11 is 0. The molecule has 0 aliphatic heterocycles. The van der Waals surface area contributed by atoms with Crippen LogP contribution in [-0.4, -0.2) is 31.7 Å². The number of amides is 1. The first kappa shape index (κ1) is 16.5. The molecule has 1 aromatic carbocycles. The number of benzene rings is 1. The van der Waals surface area contributed by atoms with Gasteiger partial charge in [0.1, 0.15) is 4.90 Å². The van der Waals surface area contributed by atoms with Gasteiger partial charge < -0.3 is 11.5 Å². The smallest absolute Gasteiger partial charge is 0.245 e. The molecule has 1 rings (SSSR count). The second-order valence-electron chi connectivity index (χ2n) is 4.65. The van der Waals surface area contributed by atoms with E-state index in [4.69, 9.17) is 11.5 Å². The predicted molar refractivity (Wildman–Crippen MR) is 78.5 cm³/mol. The first-order valence-corrected chi connectivity index (χ1v) is 7.88. The van der Waals surface area contributed by atoms with Crippen LogP contribution in [0.4, 0.5) is 5.69 Å². The average Bonchev–Trinajstić information content (AvgIpc) is 2.33. The van der Waals surface area contributed by atoms with E-state index >= 15 is 0 Å². The Kier molecular flexibility index (Phi) is 5.52. The monoisotopic (exact) mass is 299 g/mol. The Morgan fingerprint density at radius 3 is 2.50 bits per heavy atom. The number of sulfonamides is 1. The number of primary amides is 1. The van der Waals surface area contributed by atoms with Gasteiger partial charge in [-0.25, -0.2) is 8.42 Å². The number of anilines is 1. The van der Waals surface area contributed by atoms with Gasteiger partial charge in [-0.2, -0.15) is 4.31 Å². The van der Waals surface area contributed by atoms with Gasteiger partial charge in [0.25, 0.3) is 0 Å². The molecule has 0 radical (unpaired) electrons. The molecule has 112 valence electrons. The molecule has 0 aromatic heterocycles. The molecule has 0 unspecified atom stereocenters. The largest absolute Gasteiger partial charge is 0.398 e. The van der Waals surface area contributed by atoms with Gasteiger partial charge in [-0.05, 0) is 25.0 Å². The van der Waals surface area contributed by atoms with E-state index in [0.29, 0.717) is 12.0 Å². The number of hydrogen-bond acceptors (Lipinski definition) is 4. The second-order valence-corrected chi connectivity index (χ2v) is 6.53. The quantitative estimate of drug-likeness (QED) is 0.728. The summed E-state index contributed by atoms with van der Waals surface area (Å²) in [4.78, 5) is 11.2. The number of nitrogens with two attached hydrogens (primary N) is 2. The number of aryl methyl sites for hydroxylation is 1. The molecule has 0 saturated heterocycles. The highest BCUT2D eigenvalue weighted by Gasteiger charge is 2.28. The van der Waals surface area contributed by atoms with Gasteiger partial charge in [0.2, 0.25) is 15.9 Å². The van der Waals surface area contributed by atoms with Gasteiger partial charge in [0, 0.05) is 6.54 Å². The van der Waals surface area contributed by atoms with Crippen LogP contribution in [0.15, 0.2) is 23.1 Å². The Morgan fingerprint density at radius 1 is 1.35 bits per heavy atom. The zero-order valence-corrected chi connectivity index (χ0v) is 12.6. The van der Waals surface area contributed by atoms with Gasteiger partial charge in [-0.3, -0.25) is 4.79 Å². The average molecular weight is 299 g/mol. The topological polar surface area (TPSA) is 106 Å². The Balaban J connectivity index is 3.25. The molecule has 1 aromatic rings. The van der Waals surface area contributed by atoms with Crippen LogP contribution in [0, 0.1) is 6.92 Å². The van der Waals surface area contributed by atoms with Crippen molar-refractivity contribution >= 4 is 21.6 Å². The van der Waals surface area contributed by atoms with E-state index in [1.165, 1.54) is 6.07 Å². The van der Waals surface area contributed by atoms with Gasteiger partial charge in [-0.15, -0.1) is 0 Å². The molecule has 0 heterocycles. The summed E-state index contributed by atoms with van der Waals surface area (Å²) in [7, 11) is -3.82. The van der Waals surface area contributed by atoms with Gasteiger partial charge in [-0.1, -0.05) is 25.5 Å². The SMILES string of the molecule is CCCCN(CC(N)=O)S(=O)(=O)c1c(C)cccc1N. The normalized spacial score (nSPS) is 11.8. The molecule has 0 saturated carbocycles. The van der Waals surface area contributed by atoms with Crippen molar-refractivity contribution in [3.8, 4) is 0 Å². The number of hydrogen-bond donors (Lipinski definition) is 2. The van der Waals surface area contributed by atoms with Crippen LogP contribution in [-0.2, 0) is 14.8 Å². The summed E-state index contributed by atoms with van der Waals surface area (Å²) in [6.07, 6.45) is 1.46. The van der Waals surface area contributed by atoms with Crippen molar-refractivity contribution in [2.45, 2.75) is 31.6 Å². The Hall–Kier alpha value is -1.60. The van der Waals surface area contributed by atoms with Crippen LogP contribution in [0.3, 0.4) is 0 Å². The molecule has 20 heavy (non-hydrogen) atoms. The minimum absolute atomic E-state index is 0.0531. The second kappa shape index (κ2) is 6.71.